The standard InChI is InChI=1S/C13H17NO/c1-2-3-4-5-8-12-9-6-7-10-13(12)14-11-15/h6-7,9-10H,2-5,8H2,1H3. The van der Waals surface area contributed by atoms with E-state index in [0.29, 0.717) is 0 Å². The van der Waals surface area contributed by atoms with E-state index >= 15 is 0 Å². The molecule has 0 bridgehead atoms. The Morgan fingerprint density at radius 2 is 2.00 bits per heavy atom. The number of nitrogens with zero attached hydrogens (tertiary/aromatic N) is 1. The summed E-state index contributed by atoms with van der Waals surface area (Å²) in [6.07, 6.45) is 7.53. The predicted octanol–water partition coefficient (Wildman–Crippen LogP) is 3.78. The summed E-state index contributed by atoms with van der Waals surface area (Å²) < 4.78 is 0. The fourth-order valence-corrected chi connectivity index (χ4v) is 1.62. The Kier molecular flexibility index (Phi) is 5.42. The number of para-hydroxylation sites is 1. The van der Waals surface area contributed by atoms with Crippen molar-refractivity contribution in [3.8, 4) is 0 Å². The van der Waals surface area contributed by atoms with E-state index in [-0.39, 0.29) is 0 Å². The zero-order valence-electron chi connectivity index (χ0n) is 9.20. The SMILES string of the molecule is CCCCCCc1ccccc1N=C=O. The van der Waals surface area contributed by atoms with E-state index in [0.717, 1.165) is 17.7 Å². The minimum Gasteiger partial charge on any atom is -0.211 e. The van der Waals surface area contributed by atoms with Gasteiger partial charge in [-0.1, -0.05) is 44.4 Å². The van der Waals surface area contributed by atoms with Crippen molar-refractivity contribution in [2.45, 2.75) is 39.0 Å². The second-order valence-corrected chi connectivity index (χ2v) is 3.64. The van der Waals surface area contributed by atoms with Crippen LogP contribution in [-0.2, 0) is 11.2 Å². The van der Waals surface area contributed by atoms with Crippen molar-refractivity contribution in [2.75, 3.05) is 0 Å². The summed E-state index contributed by atoms with van der Waals surface area (Å²) in [4.78, 5) is 13.9. The quantitative estimate of drug-likeness (QED) is 0.393. The molecule has 0 aliphatic rings. The van der Waals surface area contributed by atoms with Gasteiger partial charge in [0.05, 0.1) is 5.69 Å². The number of aryl methyl sites for hydroxylation is 1. The number of isocyanates is 1. The van der Waals surface area contributed by atoms with E-state index in [2.05, 4.69) is 11.9 Å². The zero-order chi connectivity index (χ0) is 10.9. The molecule has 2 heteroatoms. The van der Waals surface area contributed by atoms with Crippen LogP contribution in [0.1, 0.15) is 38.2 Å². The third-order valence-corrected chi connectivity index (χ3v) is 2.46. The molecule has 0 N–H and O–H groups in total. The molecule has 0 radical (unpaired) electrons. The smallest absolute Gasteiger partial charge is 0.211 e. The largest absolute Gasteiger partial charge is 0.240 e. The fraction of sp³-hybridized carbons (Fsp3) is 0.462. The number of hydrogen-bond acceptors (Lipinski definition) is 2. The highest BCUT2D eigenvalue weighted by molar-refractivity contribution is 5.53. The van der Waals surface area contributed by atoms with Gasteiger partial charge < -0.3 is 0 Å². The Labute approximate surface area is 91.0 Å². The van der Waals surface area contributed by atoms with Gasteiger partial charge >= 0.3 is 0 Å². The summed E-state index contributed by atoms with van der Waals surface area (Å²) >= 11 is 0. The average Bonchev–Trinajstić information content (AvgIpc) is 2.27. The first-order chi connectivity index (χ1) is 7.38. The lowest BCUT2D eigenvalue weighted by Crippen LogP contribution is -1.86. The Balaban J connectivity index is 2.55. The minimum absolute atomic E-state index is 0.768. The van der Waals surface area contributed by atoms with Crippen LogP contribution in [0.4, 0.5) is 5.69 Å². The van der Waals surface area contributed by atoms with Crippen molar-refractivity contribution in [3.05, 3.63) is 29.8 Å². The normalized spacial score (nSPS) is 9.67. The molecule has 1 aromatic carbocycles. The molecule has 80 valence electrons. The monoisotopic (exact) mass is 203 g/mol. The van der Waals surface area contributed by atoms with Crippen LogP contribution in [0.5, 0.6) is 0 Å². The number of benzene rings is 1. The van der Waals surface area contributed by atoms with Crippen LogP contribution in [0.25, 0.3) is 0 Å². The molecule has 0 fully saturated rings. The summed E-state index contributed by atoms with van der Waals surface area (Å²) in [5.41, 5.74) is 1.92. The number of rotatable bonds is 6. The molecule has 2 nitrogen and oxygen atoms in total. The molecule has 0 heterocycles. The highest BCUT2D eigenvalue weighted by Crippen LogP contribution is 2.20. The van der Waals surface area contributed by atoms with Crippen molar-refractivity contribution in [1.82, 2.24) is 0 Å². The van der Waals surface area contributed by atoms with Crippen LogP contribution in [-0.4, -0.2) is 6.08 Å². The maximum absolute atomic E-state index is 10.2. The van der Waals surface area contributed by atoms with Gasteiger partial charge in [0.2, 0.25) is 6.08 Å². The van der Waals surface area contributed by atoms with Crippen molar-refractivity contribution >= 4 is 11.8 Å². The average molecular weight is 203 g/mol. The van der Waals surface area contributed by atoms with Gasteiger partial charge in [-0.3, -0.25) is 0 Å². The molecule has 0 aliphatic heterocycles. The van der Waals surface area contributed by atoms with Crippen LogP contribution < -0.4 is 0 Å². The Morgan fingerprint density at radius 1 is 1.20 bits per heavy atom. The zero-order valence-corrected chi connectivity index (χ0v) is 9.20. The lowest BCUT2D eigenvalue weighted by atomic mass is 10.0. The van der Waals surface area contributed by atoms with E-state index in [1.807, 2.05) is 24.3 Å². The number of unbranched alkanes of at least 4 members (excludes halogenated alkanes) is 3. The van der Waals surface area contributed by atoms with E-state index in [1.54, 1.807) is 6.08 Å². The second kappa shape index (κ2) is 6.97. The molecule has 0 aliphatic carbocycles. The predicted molar refractivity (Wildman–Crippen MR) is 62.1 cm³/mol. The summed E-state index contributed by atoms with van der Waals surface area (Å²) in [6, 6.07) is 7.77. The fourth-order valence-electron chi connectivity index (χ4n) is 1.62. The first kappa shape index (κ1) is 11.7. The van der Waals surface area contributed by atoms with Crippen LogP contribution in [0.3, 0.4) is 0 Å². The van der Waals surface area contributed by atoms with Crippen LogP contribution in [0.15, 0.2) is 29.3 Å². The lowest BCUT2D eigenvalue weighted by Gasteiger charge is -2.03. The highest BCUT2D eigenvalue weighted by atomic mass is 16.1. The topological polar surface area (TPSA) is 29.4 Å². The van der Waals surface area contributed by atoms with E-state index in [9.17, 15) is 4.79 Å². The summed E-state index contributed by atoms with van der Waals surface area (Å²) in [5.74, 6) is 0. The highest BCUT2D eigenvalue weighted by Gasteiger charge is 1.99. The van der Waals surface area contributed by atoms with Gasteiger partial charge in [-0.15, -0.1) is 0 Å². The molecule has 0 aromatic heterocycles. The maximum Gasteiger partial charge on any atom is 0.240 e. The van der Waals surface area contributed by atoms with Crippen LogP contribution >= 0.6 is 0 Å². The molecule has 0 atom stereocenters. The first-order valence-corrected chi connectivity index (χ1v) is 5.54. The minimum atomic E-state index is 0.768. The molecule has 0 spiro atoms. The van der Waals surface area contributed by atoms with Gasteiger partial charge in [0.15, 0.2) is 0 Å². The number of aliphatic imine (C=N–C) groups is 1. The van der Waals surface area contributed by atoms with E-state index in [4.69, 9.17) is 0 Å². The second-order valence-electron chi connectivity index (χ2n) is 3.64. The van der Waals surface area contributed by atoms with Gasteiger partial charge in [-0.25, -0.2) is 4.79 Å². The Hall–Kier alpha value is -1.40. The Morgan fingerprint density at radius 3 is 2.73 bits per heavy atom. The van der Waals surface area contributed by atoms with Crippen molar-refractivity contribution in [3.63, 3.8) is 0 Å². The molecule has 1 aromatic rings. The van der Waals surface area contributed by atoms with Gasteiger partial charge in [0.1, 0.15) is 0 Å². The number of hydrogen-bond donors (Lipinski definition) is 0. The van der Waals surface area contributed by atoms with Crippen LogP contribution in [0, 0.1) is 0 Å². The third kappa shape index (κ3) is 4.09. The molecular weight excluding hydrogens is 186 g/mol. The van der Waals surface area contributed by atoms with Gasteiger partial charge in [-0.05, 0) is 24.5 Å². The van der Waals surface area contributed by atoms with Crippen molar-refractivity contribution in [1.29, 1.82) is 0 Å². The summed E-state index contributed by atoms with van der Waals surface area (Å²) in [6.45, 7) is 2.20. The van der Waals surface area contributed by atoms with Crippen molar-refractivity contribution in [2.24, 2.45) is 4.99 Å². The van der Waals surface area contributed by atoms with Gasteiger partial charge in [0.25, 0.3) is 0 Å². The first-order valence-electron chi connectivity index (χ1n) is 5.54. The molecule has 0 amide bonds. The van der Waals surface area contributed by atoms with Crippen molar-refractivity contribution < 1.29 is 4.79 Å². The number of carbonyl (C=O) groups excluding carboxylic acids is 1. The summed E-state index contributed by atoms with van der Waals surface area (Å²) in [7, 11) is 0. The molecule has 0 saturated carbocycles. The Bertz CT molecular complexity index is 340. The van der Waals surface area contributed by atoms with Crippen LogP contribution in [0.2, 0.25) is 0 Å². The van der Waals surface area contributed by atoms with Gasteiger partial charge in [0, 0.05) is 0 Å². The molecule has 1 rings (SSSR count). The molecule has 0 saturated heterocycles. The summed E-state index contributed by atoms with van der Waals surface area (Å²) in [5, 5.41) is 0. The maximum atomic E-state index is 10.2. The molecule has 15 heavy (non-hydrogen) atoms. The van der Waals surface area contributed by atoms with E-state index < -0.39 is 0 Å². The van der Waals surface area contributed by atoms with E-state index in [1.165, 1.54) is 25.7 Å². The third-order valence-electron chi connectivity index (χ3n) is 2.46. The van der Waals surface area contributed by atoms with Gasteiger partial charge in [-0.2, -0.15) is 4.99 Å². The molecule has 0 unspecified atom stereocenters. The molecular formula is C13H17NO. The lowest BCUT2D eigenvalue weighted by molar-refractivity contribution is 0.565.